The monoisotopic (exact) mass is 306 g/mol. The van der Waals surface area contributed by atoms with Crippen LogP contribution in [0.1, 0.15) is 10.5 Å². The third-order valence-corrected chi connectivity index (χ3v) is 3.70. The molecular formula is C17H14N4O2. The fourth-order valence-electron chi connectivity index (χ4n) is 2.54. The van der Waals surface area contributed by atoms with Crippen LogP contribution < -0.4 is 10.1 Å². The number of methoxy groups -OCH3 is 1. The molecule has 3 N–H and O–H groups in total. The second-order valence-corrected chi connectivity index (χ2v) is 5.19. The number of nitrogens with one attached hydrogen (secondary N) is 3. The lowest BCUT2D eigenvalue weighted by Crippen LogP contribution is -2.13. The zero-order chi connectivity index (χ0) is 15.8. The summed E-state index contributed by atoms with van der Waals surface area (Å²) >= 11 is 0. The maximum atomic E-state index is 12.4. The summed E-state index contributed by atoms with van der Waals surface area (Å²) in [5.41, 5.74) is 3.00. The fraction of sp³-hybridized carbons (Fsp3) is 0.0588. The van der Waals surface area contributed by atoms with Gasteiger partial charge < -0.3 is 14.7 Å². The third kappa shape index (κ3) is 2.40. The van der Waals surface area contributed by atoms with Gasteiger partial charge in [-0.05, 0) is 30.3 Å². The Morgan fingerprint density at radius 2 is 1.96 bits per heavy atom. The highest BCUT2D eigenvalue weighted by molar-refractivity contribution is 6.05. The van der Waals surface area contributed by atoms with Crippen molar-refractivity contribution in [2.75, 3.05) is 12.4 Å². The van der Waals surface area contributed by atoms with Gasteiger partial charge in [0, 0.05) is 17.0 Å². The van der Waals surface area contributed by atoms with Crippen LogP contribution in [0.3, 0.4) is 0 Å². The number of anilines is 1. The van der Waals surface area contributed by atoms with E-state index in [2.05, 4.69) is 20.3 Å². The number of hydrogen-bond acceptors (Lipinski definition) is 3. The molecule has 0 radical (unpaired) electrons. The van der Waals surface area contributed by atoms with E-state index >= 15 is 0 Å². The van der Waals surface area contributed by atoms with Crippen LogP contribution in [0.25, 0.3) is 21.9 Å². The first-order chi connectivity index (χ1) is 11.2. The van der Waals surface area contributed by atoms with E-state index in [1.54, 1.807) is 13.2 Å². The maximum Gasteiger partial charge on any atom is 0.274 e. The smallest absolute Gasteiger partial charge is 0.274 e. The highest BCUT2D eigenvalue weighted by Crippen LogP contribution is 2.22. The van der Waals surface area contributed by atoms with Crippen molar-refractivity contribution in [1.29, 1.82) is 0 Å². The SMILES string of the molecule is COc1ccc2cc(C(=O)Nc3nc4ccccc4[nH]3)[nH]c2c1. The Balaban J connectivity index is 1.63. The van der Waals surface area contributed by atoms with Crippen LogP contribution in [0.2, 0.25) is 0 Å². The number of carbonyl (C=O) groups excluding carboxylic acids is 1. The van der Waals surface area contributed by atoms with Crippen molar-refractivity contribution in [2.24, 2.45) is 0 Å². The summed E-state index contributed by atoms with van der Waals surface area (Å²) in [4.78, 5) is 22.9. The van der Waals surface area contributed by atoms with Gasteiger partial charge in [-0.25, -0.2) is 4.98 Å². The summed E-state index contributed by atoms with van der Waals surface area (Å²) in [5.74, 6) is 0.912. The number of ether oxygens (including phenoxy) is 1. The van der Waals surface area contributed by atoms with E-state index in [9.17, 15) is 4.79 Å². The Bertz CT molecular complexity index is 983. The second kappa shape index (κ2) is 5.17. The molecule has 0 saturated carbocycles. The number of rotatable bonds is 3. The first kappa shape index (κ1) is 13.4. The van der Waals surface area contributed by atoms with E-state index in [0.29, 0.717) is 11.6 Å². The maximum absolute atomic E-state index is 12.4. The van der Waals surface area contributed by atoms with Crippen molar-refractivity contribution in [2.45, 2.75) is 0 Å². The number of carbonyl (C=O) groups is 1. The lowest BCUT2D eigenvalue weighted by atomic mass is 10.2. The van der Waals surface area contributed by atoms with Crippen LogP contribution in [-0.4, -0.2) is 28.0 Å². The molecule has 0 aliphatic heterocycles. The number of para-hydroxylation sites is 2. The molecule has 114 valence electrons. The molecule has 1 amide bonds. The molecular weight excluding hydrogens is 292 g/mol. The Hall–Kier alpha value is -3.28. The summed E-state index contributed by atoms with van der Waals surface area (Å²) in [7, 11) is 1.61. The third-order valence-electron chi connectivity index (χ3n) is 3.70. The van der Waals surface area contributed by atoms with E-state index in [1.165, 1.54) is 0 Å². The number of fused-ring (bicyclic) bond motifs is 2. The zero-order valence-electron chi connectivity index (χ0n) is 12.4. The summed E-state index contributed by atoms with van der Waals surface area (Å²) in [6.45, 7) is 0. The summed E-state index contributed by atoms with van der Waals surface area (Å²) in [5, 5.41) is 3.71. The zero-order valence-corrected chi connectivity index (χ0v) is 12.4. The summed E-state index contributed by atoms with van der Waals surface area (Å²) in [6.07, 6.45) is 0. The van der Waals surface area contributed by atoms with Gasteiger partial charge in [-0.15, -0.1) is 0 Å². The van der Waals surface area contributed by atoms with E-state index in [-0.39, 0.29) is 5.91 Å². The minimum Gasteiger partial charge on any atom is -0.497 e. The summed E-state index contributed by atoms with van der Waals surface area (Å²) in [6, 6.07) is 15.0. The first-order valence-electron chi connectivity index (χ1n) is 7.16. The highest BCUT2D eigenvalue weighted by Gasteiger charge is 2.12. The highest BCUT2D eigenvalue weighted by atomic mass is 16.5. The van der Waals surface area contributed by atoms with E-state index < -0.39 is 0 Å². The molecule has 0 aliphatic rings. The predicted molar refractivity (Wildman–Crippen MR) is 88.9 cm³/mol. The second-order valence-electron chi connectivity index (χ2n) is 5.19. The number of imidazole rings is 1. The molecule has 2 aromatic heterocycles. The number of amides is 1. The molecule has 2 aromatic carbocycles. The van der Waals surface area contributed by atoms with Crippen LogP contribution >= 0.6 is 0 Å². The normalized spacial score (nSPS) is 11.0. The van der Waals surface area contributed by atoms with Crippen LogP contribution in [0.4, 0.5) is 5.95 Å². The van der Waals surface area contributed by atoms with Crippen LogP contribution in [0.5, 0.6) is 5.75 Å². The standard InChI is InChI=1S/C17H14N4O2/c1-23-11-7-6-10-8-15(18-14(10)9-11)16(22)21-17-19-12-4-2-3-5-13(12)20-17/h2-9,18H,1H3,(H2,19,20,21,22). The number of benzene rings is 2. The molecule has 0 fully saturated rings. The van der Waals surface area contributed by atoms with Gasteiger partial charge in [-0.3, -0.25) is 10.1 Å². The van der Waals surface area contributed by atoms with Gasteiger partial charge in [0.1, 0.15) is 11.4 Å². The molecule has 0 atom stereocenters. The van der Waals surface area contributed by atoms with Crippen LogP contribution in [0.15, 0.2) is 48.5 Å². The Morgan fingerprint density at radius 3 is 2.78 bits per heavy atom. The van der Waals surface area contributed by atoms with E-state index in [1.807, 2.05) is 42.5 Å². The Morgan fingerprint density at radius 1 is 1.09 bits per heavy atom. The number of H-pyrrole nitrogens is 2. The number of nitrogens with zero attached hydrogens (tertiary/aromatic N) is 1. The molecule has 0 spiro atoms. The average Bonchev–Trinajstić information content (AvgIpc) is 3.16. The molecule has 4 rings (SSSR count). The summed E-state index contributed by atoms with van der Waals surface area (Å²) < 4.78 is 5.19. The van der Waals surface area contributed by atoms with Crippen molar-refractivity contribution in [3.63, 3.8) is 0 Å². The minimum atomic E-state index is -0.251. The van der Waals surface area contributed by atoms with Crippen molar-refractivity contribution in [1.82, 2.24) is 15.0 Å². The Labute approximate surface area is 131 Å². The van der Waals surface area contributed by atoms with Gasteiger partial charge in [-0.1, -0.05) is 12.1 Å². The van der Waals surface area contributed by atoms with Crippen LogP contribution in [-0.2, 0) is 0 Å². The predicted octanol–water partition coefficient (Wildman–Crippen LogP) is 3.31. The molecule has 0 bridgehead atoms. The van der Waals surface area contributed by atoms with E-state index in [4.69, 9.17) is 4.74 Å². The van der Waals surface area contributed by atoms with Gasteiger partial charge >= 0.3 is 0 Å². The number of aromatic amines is 2. The van der Waals surface area contributed by atoms with E-state index in [0.717, 1.165) is 27.7 Å². The largest absolute Gasteiger partial charge is 0.497 e. The van der Waals surface area contributed by atoms with Gasteiger partial charge in [-0.2, -0.15) is 0 Å². The molecule has 6 nitrogen and oxygen atoms in total. The molecule has 6 heteroatoms. The molecule has 23 heavy (non-hydrogen) atoms. The van der Waals surface area contributed by atoms with Gasteiger partial charge in [0.05, 0.1) is 18.1 Å². The number of aromatic nitrogens is 3. The van der Waals surface area contributed by atoms with Gasteiger partial charge in [0.15, 0.2) is 0 Å². The first-order valence-corrected chi connectivity index (χ1v) is 7.16. The van der Waals surface area contributed by atoms with Crippen molar-refractivity contribution in [3.05, 3.63) is 54.2 Å². The lowest BCUT2D eigenvalue weighted by Gasteiger charge is -1.98. The topological polar surface area (TPSA) is 82.8 Å². The van der Waals surface area contributed by atoms with Crippen molar-refractivity contribution in [3.8, 4) is 5.75 Å². The van der Waals surface area contributed by atoms with Crippen molar-refractivity contribution >= 4 is 33.8 Å². The molecule has 2 heterocycles. The quantitative estimate of drug-likeness (QED) is 0.543. The average molecular weight is 306 g/mol. The molecule has 0 unspecified atom stereocenters. The number of hydrogen-bond donors (Lipinski definition) is 3. The lowest BCUT2D eigenvalue weighted by molar-refractivity contribution is 0.102. The molecule has 0 aliphatic carbocycles. The fourth-order valence-corrected chi connectivity index (χ4v) is 2.54. The Kier molecular flexibility index (Phi) is 3.01. The van der Waals surface area contributed by atoms with Gasteiger partial charge in [0.2, 0.25) is 5.95 Å². The van der Waals surface area contributed by atoms with Crippen LogP contribution in [0, 0.1) is 0 Å². The minimum absolute atomic E-state index is 0.251. The molecule has 4 aromatic rings. The van der Waals surface area contributed by atoms with Crippen molar-refractivity contribution < 1.29 is 9.53 Å². The molecule has 0 saturated heterocycles. The van der Waals surface area contributed by atoms with Gasteiger partial charge in [0.25, 0.3) is 5.91 Å².